The molecule has 2 heterocycles. The van der Waals surface area contributed by atoms with Crippen LogP contribution in [-0.4, -0.2) is 24.6 Å². The molecule has 1 aliphatic heterocycles. The Balaban J connectivity index is 1.77. The summed E-state index contributed by atoms with van der Waals surface area (Å²) >= 11 is 0. The number of nitrogens with zero attached hydrogens (tertiary/aromatic N) is 2. The summed E-state index contributed by atoms with van der Waals surface area (Å²) in [6, 6.07) is 5.24. The third-order valence-corrected chi connectivity index (χ3v) is 4.73. The van der Waals surface area contributed by atoms with Gasteiger partial charge in [0, 0.05) is 31.0 Å². The highest BCUT2D eigenvalue weighted by molar-refractivity contribution is 5.48. The van der Waals surface area contributed by atoms with Gasteiger partial charge in [-0.05, 0) is 50.8 Å². The Morgan fingerprint density at radius 2 is 2.11 bits per heavy atom. The van der Waals surface area contributed by atoms with Crippen molar-refractivity contribution in [3.63, 3.8) is 0 Å². The second-order valence-corrected chi connectivity index (χ2v) is 5.98. The predicted octanol–water partition coefficient (Wildman–Crippen LogP) is 2.96. The van der Waals surface area contributed by atoms with Gasteiger partial charge >= 0.3 is 0 Å². The molecule has 1 saturated carbocycles. The maximum Gasteiger partial charge on any atom is 0.0562 e. The van der Waals surface area contributed by atoms with E-state index in [0.717, 1.165) is 24.2 Å². The van der Waals surface area contributed by atoms with Crippen molar-refractivity contribution in [3.05, 3.63) is 24.0 Å². The first-order chi connectivity index (χ1) is 9.38. The molecular formula is C16H25N3. The first kappa shape index (κ1) is 12.9. The fraction of sp³-hybridized carbons (Fsp3) is 0.688. The van der Waals surface area contributed by atoms with Crippen LogP contribution in [0.3, 0.4) is 0 Å². The lowest BCUT2D eigenvalue weighted by Gasteiger charge is -2.31. The Hall–Kier alpha value is -1.09. The molecule has 3 heteroatoms. The summed E-state index contributed by atoms with van der Waals surface area (Å²) in [4.78, 5) is 7.08. The standard InChI is InChI=1S/C16H25N3/c1-17-12-14-11-15(8-9-18-14)19-10-4-7-16(19)13-5-2-3-6-13/h8-9,11,13,16-17H,2-7,10,12H2,1H3. The Labute approximate surface area is 116 Å². The maximum atomic E-state index is 4.43. The van der Waals surface area contributed by atoms with Gasteiger partial charge in [0.25, 0.3) is 0 Å². The highest BCUT2D eigenvalue weighted by Crippen LogP contribution is 2.37. The van der Waals surface area contributed by atoms with E-state index in [4.69, 9.17) is 0 Å². The van der Waals surface area contributed by atoms with Crippen LogP contribution in [0.25, 0.3) is 0 Å². The van der Waals surface area contributed by atoms with E-state index in [2.05, 4.69) is 27.3 Å². The third-order valence-electron chi connectivity index (χ3n) is 4.73. The van der Waals surface area contributed by atoms with Crippen LogP contribution in [0.4, 0.5) is 5.69 Å². The van der Waals surface area contributed by atoms with Crippen LogP contribution in [-0.2, 0) is 6.54 Å². The molecule has 0 radical (unpaired) electrons. The molecule has 0 aromatic carbocycles. The summed E-state index contributed by atoms with van der Waals surface area (Å²) < 4.78 is 0. The fourth-order valence-corrected chi connectivity index (χ4v) is 3.87. The largest absolute Gasteiger partial charge is 0.368 e. The Bertz CT molecular complexity index is 412. The highest BCUT2D eigenvalue weighted by Gasteiger charge is 2.33. The molecular weight excluding hydrogens is 234 g/mol. The minimum absolute atomic E-state index is 0.785. The van der Waals surface area contributed by atoms with Crippen LogP contribution < -0.4 is 10.2 Å². The molecule has 1 saturated heterocycles. The topological polar surface area (TPSA) is 28.2 Å². The summed E-state index contributed by atoms with van der Waals surface area (Å²) in [6.07, 6.45) is 10.5. The molecule has 3 rings (SSSR count). The molecule has 1 unspecified atom stereocenters. The summed E-state index contributed by atoms with van der Waals surface area (Å²) in [5.74, 6) is 0.934. The van der Waals surface area contributed by atoms with Crippen molar-refractivity contribution >= 4 is 5.69 Å². The van der Waals surface area contributed by atoms with Crippen molar-refractivity contribution in [2.45, 2.75) is 51.1 Å². The lowest BCUT2D eigenvalue weighted by Crippen LogP contribution is -2.34. The fourth-order valence-electron chi connectivity index (χ4n) is 3.87. The molecule has 1 atom stereocenters. The Morgan fingerprint density at radius 3 is 2.89 bits per heavy atom. The van der Waals surface area contributed by atoms with Gasteiger partial charge in [0.05, 0.1) is 5.69 Å². The van der Waals surface area contributed by atoms with Crippen LogP contribution in [0.15, 0.2) is 18.3 Å². The number of anilines is 1. The molecule has 0 bridgehead atoms. The van der Waals surface area contributed by atoms with Gasteiger partial charge < -0.3 is 10.2 Å². The van der Waals surface area contributed by atoms with E-state index in [-0.39, 0.29) is 0 Å². The van der Waals surface area contributed by atoms with Gasteiger partial charge in [0.1, 0.15) is 0 Å². The minimum atomic E-state index is 0.785. The van der Waals surface area contributed by atoms with Crippen molar-refractivity contribution in [3.8, 4) is 0 Å². The molecule has 1 N–H and O–H groups in total. The zero-order chi connectivity index (χ0) is 13.1. The summed E-state index contributed by atoms with van der Waals surface area (Å²) in [5.41, 5.74) is 2.53. The van der Waals surface area contributed by atoms with E-state index in [1.54, 1.807) is 0 Å². The van der Waals surface area contributed by atoms with Crippen LogP contribution in [0.5, 0.6) is 0 Å². The first-order valence-electron chi connectivity index (χ1n) is 7.74. The van der Waals surface area contributed by atoms with E-state index in [9.17, 15) is 0 Å². The Kier molecular flexibility index (Phi) is 4.02. The van der Waals surface area contributed by atoms with Crippen molar-refractivity contribution < 1.29 is 0 Å². The normalized spacial score (nSPS) is 24.3. The zero-order valence-electron chi connectivity index (χ0n) is 11.9. The van der Waals surface area contributed by atoms with Crippen molar-refractivity contribution in [1.29, 1.82) is 0 Å². The number of hydrogen-bond donors (Lipinski definition) is 1. The molecule has 1 aliphatic carbocycles. The number of pyridine rings is 1. The lowest BCUT2D eigenvalue weighted by atomic mass is 9.96. The quantitative estimate of drug-likeness (QED) is 0.901. The summed E-state index contributed by atoms with van der Waals surface area (Å²) in [7, 11) is 1.98. The average molecular weight is 259 g/mol. The lowest BCUT2D eigenvalue weighted by molar-refractivity contribution is 0.430. The number of hydrogen-bond acceptors (Lipinski definition) is 3. The molecule has 3 nitrogen and oxygen atoms in total. The van der Waals surface area contributed by atoms with Gasteiger partial charge in [0.15, 0.2) is 0 Å². The van der Waals surface area contributed by atoms with Gasteiger partial charge in [-0.25, -0.2) is 0 Å². The molecule has 19 heavy (non-hydrogen) atoms. The zero-order valence-corrected chi connectivity index (χ0v) is 11.9. The van der Waals surface area contributed by atoms with Crippen molar-refractivity contribution in [1.82, 2.24) is 10.3 Å². The molecule has 104 valence electrons. The SMILES string of the molecule is CNCc1cc(N2CCCC2C2CCCC2)ccn1. The van der Waals surface area contributed by atoms with Crippen LogP contribution >= 0.6 is 0 Å². The van der Waals surface area contributed by atoms with E-state index in [1.165, 1.54) is 50.8 Å². The minimum Gasteiger partial charge on any atom is -0.368 e. The second kappa shape index (κ2) is 5.91. The van der Waals surface area contributed by atoms with Gasteiger partial charge in [0.2, 0.25) is 0 Å². The maximum absolute atomic E-state index is 4.43. The van der Waals surface area contributed by atoms with E-state index in [1.807, 2.05) is 13.2 Å². The number of nitrogens with one attached hydrogen (secondary N) is 1. The van der Waals surface area contributed by atoms with Gasteiger partial charge in [-0.2, -0.15) is 0 Å². The van der Waals surface area contributed by atoms with Gasteiger partial charge in [-0.1, -0.05) is 12.8 Å². The van der Waals surface area contributed by atoms with Gasteiger partial charge in [-0.15, -0.1) is 0 Å². The van der Waals surface area contributed by atoms with Crippen LogP contribution in [0, 0.1) is 5.92 Å². The summed E-state index contributed by atoms with van der Waals surface area (Å²) in [6.45, 7) is 2.08. The molecule has 0 amide bonds. The van der Waals surface area contributed by atoms with Crippen LogP contribution in [0.2, 0.25) is 0 Å². The molecule has 1 aromatic heterocycles. The van der Waals surface area contributed by atoms with Gasteiger partial charge in [-0.3, -0.25) is 4.98 Å². The number of aromatic nitrogens is 1. The van der Waals surface area contributed by atoms with Crippen molar-refractivity contribution in [2.75, 3.05) is 18.5 Å². The highest BCUT2D eigenvalue weighted by atomic mass is 15.2. The first-order valence-corrected chi connectivity index (χ1v) is 7.74. The molecule has 0 spiro atoms. The second-order valence-electron chi connectivity index (χ2n) is 5.98. The van der Waals surface area contributed by atoms with E-state index in [0.29, 0.717) is 0 Å². The van der Waals surface area contributed by atoms with Crippen molar-refractivity contribution in [2.24, 2.45) is 5.92 Å². The molecule has 2 fully saturated rings. The Morgan fingerprint density at radius 1 is 1.26 bits per heavy atom. The van der Waals surface area contributed by atoms with E-state index >= 15 is 0 Å². The predicted molar refractivity (Wildman–Crippen MR) is 79.3 cm³/mol. The summed E-state index contributed by atoms with van der Waals surface area (Å²) in [5, 5.41) is 3.19. The molecule has 2 aliphatic rings. The molecule has 1 aromatic rings. The van der Waals surface area contributed by atoms with E-state index < -0.39 is 0 Å². The smallest absolute Gasteiger partial charge is 0.0562 e. The van der Waals surface area contributed by atoms with Crippen LogP contribution in [0.1, 0.15) is 44.2 Å². The monoisotopic (exact) mass is 259 g/mol. The number of rotatable bonds is 4. The average Bonchev–Trinajstić information content (AvgIpc) is 3.10. The third kappa shape index (κ3) is 2.76.